The molecule has 142 valence electrons. The van der Waals surface area contributed by atoms with Crippen LogP contribution >= 0.6 is 0 Å². The van der Waals surface area contributed by atoms with Crippen molar-refractivity contribution in [2.24, 2.45) is 12.9 Å². The third kappa shape index (κ3) is 8.05. The minimum Gasteiger partial charge on any atom is -0.741 e. The quantitative estimate of drug-likeness (QED) is 0.162. The van der Waals surface area contributed by atoms with Crippen molar-refractivity contribution in [3.63, 3.8) is 0 Å². The van der Waals surface area contributed by atoms with Crippen LogP contribution in [0, 0.1) is 6.92 Å². The zero-order valence-electron chi connectivity index (χ0n) is 12.9. The van der Waals surface area contributed by atoms with Gasteiger partial charge in [-0.15, -0.1) is 0 Å². The molecule has 0 unspecified atom stereocenters. The molecule has 14 heteroatoms. The third-order valence-electron chi connectivity index (χ3n) is 2.92. The molecule has 3 N–H and O–H groups in total. The number of nitrogens with zero attached hydrogens (tertiary/aromatic N) is 2. The Kier molecular flexibility index (Phi) is 8.31. The van der Waals surface area contributed by atoms with Crippen molar-refractivity contribution in [2.45, 2.75) is 31.8 Å². The van der Waals surface area contributed by atoms with Crippen molar-refractivity contribution in [3.05, 3.63) is 18.2 Å². The zero-order chi connectivity index (χ0) is 19.2. The van der Waals surface area contributed by atoms with Crippen LogP contribution in [-0.4, -0.2) is 37.2 Å². The largest absolute Gasteiger partial charge is 0.741 e. The number of rotatable bonds is 6. The summed E-state index contributed by atoms with van der Waals surface area (Å²) in [5.41, 5.74) is -5.65. The first-order valence-electron chi connectivity index (χ1n) is 6.45. The zero-order valence-corrected chi connectivity index (χ0v) is 14.6. The van der Waals surface area contributed by atoms with Crippen molar-refractivity contribution in [3.8, 4) is 0 Å². The second kappa shape index (κ2) is 8.75. The number of sulfonamides is 1. The first-order valence-corrected chi connectivity index (χ1v) is 9.51. The number of unbranched alkanes of at least 4 members (excludes halogenated alkanes) is 1. The minimum atomic E-state index is -6.09. The van der Waals surface area contributed by atoms with Crippen LogP contribution in [0.1, 0.15) is 18.7 Å². The number of nitrogens with one attached hydrogen (secondary N) is 1. The second-order valence-electron chi connectivity index (χ2n) is 4.69. The molecule has 0 radical (unpaired) electrons. The summed E-state index contributed by atoms with van der Waals surface area (Å²) in [5, 5.41) is 0. The van der Waals surface area contributed by atoms with Gasteiger partial charge >= 0.3 is 5.51 Å². The van der Waals surface area contributed by atoms with Gasteiger partial charge < -0.3 is 4.55 Å². The molecule has 0 atom stereocenters. The van der Waals surface area contributed by atoms with Crippen LogP contribution in [0.25, 0.3) is 0 Å². The lowest BCUT2D eigenvalue weighted by Gasteiger charge is -2.08. The summed E-state index contributed by atoms with van der Waals surface area (Å²) >= 11 is 0. The summed E-state index contributed by atoms with van der Waals surface area (Å²) in [6, 6.07) is 0. The summed E-state index contributed by atoms with van der Waals surface area (Å²) < 4.78 is 85.1. The molecule has 0 aliphatic rings. The Morgan fingerprint density at radius 1 is 1.29 bits per heavy atom. The van der Waals surface area contributed by atoms with Gasteiger partial charge in [0.05, 0.1) is 19.3 Å². The van der Waals surface area contributed by atoms with Gasteiger partial charge in [-0.3, -0.25) is 5.84 Å². The number of nitrogens with two attached hydrogens (primary N) is 1. The van der Waals surface area contributed by atoms with Gasteiger partial charge in [-0.05, 0) is 12.8 Å². The van der Waals surface area contributed by atoms with Gasteiger partial charge in [0.1, 0.15) is 12.4 Å². The Bertz CT molecular complexity index is 728. The van der Waals surface area contributed by atoms with Crippen molar-refractivity contribution in [1.29, 1.82) is 0 Å². The van der Waals surface area contributed by atoms with Crippen molar-refractivity contribution >= 4 is 20.1 Å². The summed E-state index contributed by atoms with van der Waals surface area (Å²) in [6.07, 6.45) is 5.39. The van der Waals surface area contributed by atoms with Gasteiger partial charge in [0.25, 0.3) is 5.82 Å². The van der Waals surface area contributed by atoms with Crippen molar-refractivity contribution < 1.29 is 39.1 Å². The van der Waals surface area contributed by atoms with Gasteiger partial charge in [-0.2, -0.15) is 18.0 Å². The number of hydrogen-bond acceptors (Lipinski definition) is 6. The molecule has 0 saturated heterocycles. The molecule has 1 aromatic heterocycles. The standard InChI is InChI=1S/C9H19N4O2S.CHF3O3S/c1-9-12(2)6-7-13(9)5-3-4-8-16(14,15)11-10;2-1(3,4)8(5,6)7/h6-7,11H,3-5,8,10H2,1-2H3;(H,5,6,7)/q+1;/p-1. The van der Waals surface area contributed by atoms with Crippen molar-refractivity contribution in [1.82, 2.24) is 9.40 Å². The van der Waals surface area contributed by atoms with E-state index in [0.717, 1.165) is 18.8 Å². The Hall–Kier alpha value is -1.22. The lowest BCUT2D eigenvalue weighted by atomic mass is 10.3. The van der Waals surface area contributed by atoms with Crippen LogP contribution < -0.4 is 15.2 Å². The third-order valence-corrected chi connectivity index (χ3v) is 4.67. The first kappa shape index (κ1) is 22.8. The van der Waals surface area contributed by atoms with Crippen LogP contribution in [0.15, 0.2) is 12.4 Å². The fourth-order valence-electron chi connectivity index (χ4n) is 1.47. The number of hydrazine groups is 1. The fraction of sp³-hybridized carbons (Fsp3) is 0.700. The van der Waals surface area contributed by atoms with Gasteiger partial charge in [-0.25, -0.2) is 26.0 Å². The van der Waals surface area contributed by atoms with E-state index in [1.54, 1.807) is 0 Å². The van der Waals surface area contributed by atoms with Crippen LogP contribution in [0.4, 0.5) is 13.2 Å². The molecule has 9 nitrogen and oxygen atoms in total. The predicted octanol–water partition coefficient (Wildman–Crippen LogP) is -0.754. The number of aromatic nitrogens is 2. The van der Waals surface area contributed by atoms with Gasteiger partial charge in [0, 0.05) is 6.92 Å². The molecule has 0 bridgehead atoms. The molecule has 0 aliphatic carbocycles. The predicted molar refractivity (Wildman–Crippen MR) is 76.4 cm³/mol. The Labute approximate surface area is 138 Å². The van der Waals surface area contributed by atoms with Crippen LogP contribution in [0.3, 0.4) is 0 Å². The van der Waals surface area contributed by atoms with Gasteiger partial charge in [-0.1, -0.05) is 0 Å². The van der Waals surface area contributed by atoms with E-state index in [-0.39, 0.29) is 5.75 Å². The van der Waals surface area contributed by atoms with E-state index >= 15 is 0 Å². The highest BCUT2D eigenvalue weighted by molar-refractivity contribution is 7.89. The normalized spacial score (nSPS) is 12.6. The number of halogens is 3. The maximum absolute atomic E-state index is 11.0. The molecule has 1 aromatic rings. The molecule has 0 aromatic carbocycles. The highest BCUT2D eigenvalue weighted by Crippen LogP contribution is 2.20. The summed E-state index contributed by atoms with van der Waals surface area (Å²) in [7, 11) is -7.38. The van der Waals surface area contributed by atoms with E-state index in [9.17, 15) is 21.6 Å². The fourth-order valence-corrected chi connectivity index (χ4v) is 2.17. The van der Waals surface area contributed by atoms with E-state index in [0.29, 0.717) is 6.42 Å². The Morgan fingerprint density at radius 3 is 2.12 bits per heavy atom. The molecule has 0 aliphatic heterocycles. The molecule has 0 saturated carbocycles. The summed E-state index contributed by atoms with van der Waals surface area (Å²) in [6.45, 7) is 2.85. The highest BCUT2D eigenvalue weighted by Gasteiger charge is 2.36. The molecule has 1 heterocycles. The monoisotopic (exact) mass is 396 g/mol. The first-order chi connectivity index (χ1) is 10.7. The van der Waals surface area contributed by atoms with E-state index in [1.165, 1.54) is 0 Å². The number of imidazole rings is 1. The van der Waals surface area contributed by atoms with E-state index in [1.807, 2.05) is 35.8 Å². The van der Waals surface area contributed by atoms with Gasteiger partial charge in [0.15, 0.2) is 10.1 Å². The maximum Gasteiger partial charge on any atom is 0.485 e. The highest BCUT2D eigenvalue weighted by atomic mass is 32.2. The summed E-state index contributed by atoms with van der Waals surface area (Å²) in [5.74, 6) is 6.11. The lowest BCUT2D eigenvalue weighted by Crippen LogP contribution is -2.32. The average Bonchev–Trinajstić information content (AvgIpc) is 2.74. The second-order valence-corrected chi connectivity index (χ2v) is 7.94. The number of aryl methyl sites for hydroxylation is 2. The molecule has 0 amide bonds. The molecule has 1 rings (SSSR count). The van der Waals surface area contributed by atoms with E-state index in [4.69, 9.17) is 18.8 Å². The average molecular weight is 396 g/mol. The molecule has 24 heavy (non-hydrogen) atoms. The van der Waals surface area contributed by atoms with Crippen LogP contribution in [0.5, 0.6) is 0 Å². The Morgan fingerprint density at radius 2 is 1.79 bits per heavy atom. The smallest absolute Gasteiger partial charge is 0.485 e. The molecule has 0 spiro atoms. The lowest BCUT2D eigenvalue weighted by molar-refractivity contribution is -0.677. The van der Waals surface area contributed by atoms with Crippen LogP contribution in [-0.2, 0) is 33.7 Å². The van der Waals surface area contributed by atoms with Gasteiger partial charge in [0.2, 0.25) is 10.0 Å². The molecular formula is C10H19F3N4O5S2. The Balaban J connectivity index is 0.000000561. The maximum atomic E-state index is 11.0. The molecular weight excluding hydrogens is 377 g/mol. The van der Waals surface area contributed by atoms with E-state index < -0.39 is 25.6 Å². The van der Waals surface area contributed by atoms with Crippen molar-refractivity contribution in [2.75, 3.05) is 5.75 Å². The SMILES string of the molecule is Cc1n(CCCCS(=O)(=O)NN)cc[n+]1C.O=S(=O)([O-])C(F)(F)F. The molecule has 0 fully saturated rings. The van der Waals surface area contributed by atoms with Crippen LogP contribution in [0.2, 0.25) is 0 Å². The number of hydrogen-bond donors (Lipinski definition) is 2. The summed E-state index contributed by atoms with van der Waals surface area (Å²) in [4.78, 5) is 1.82. The number of alkyl halides is 3. The topological polar surface area (TPSA) is 138 Å². The van der Waals surface area contributed by atoms with E-state index in [2.05, 4.69) is 4.57 Å². The minimum absolute atomic E-state index is 0.0793.